The molecule has 0 aromatic heterocycles. The largest absolute Gasteiger partial charge is 0.378 e. The van der Waals surface area contributed by atoms with E-state index >= 15 is 0 Å². The molecular weight excluding hydrogens is 680 g/mol. The molecule has 0 aromatic rings. The van der Waals surface area contributed by atoms with Gasteiger partial charge in [-0.25, -0.2) is 0 Å². The Kier molecular flexibility index (Phi) is 25.9. The van der Waals surface area contributed by atoms with Gasteiger partial charge in [-0.05, 0) is 61.4 Å². The number of aliphatic hydroxyl groups is 1. The Bertz CT molecular complexity index is 1080. The van der Waals surface area contributed by atoms with Gasteiger partial charge in [0.2, 0.25) is 5.91 Å². The minimum Gasteiger partial charge on any atom is -0.378 e. The van der Waals surface area contributed by atoms with E-state index in [1.807, 2.05) is 88.1 Å². The summed E-state index contributed by atoms with van der Waals surface area (Å²) in [7, 11) is 1.86. The summed E-state index contributed by atoms with van der Waals surface area (Å²) in [5, 5.41) is 14.5. The van der Waals surface area contributed by atoms with Gasteiger partial charge in [0.1, 0.15) is 34.4 Å². The molecule has 0 spiro atoms. The van der Waals surface area contributed by atoms with Gasteiger partial charge in [-0.2, -0.15) is 0 Å². The third-order valence-electron chi connectivity index (χ3n) is 9.37. The second-order valence-corrected chi connectivity index (χ2v) is 16.4. The van der Waals surface area contributed by atoms with Crippen LogP contribution in [-0.4, -0.2) is 115 Å². The summed E-state index contributed by atoms with van der Waals surface area (Å²) in [5.41, 5.74) is -3.49. The van der Waals surface area contributed by atoms with Crippen molar-refractivity contribution in [3.8, 4) is 0 Å². The highest BCUT2D eigenvalue weighted by atomic mass is 16.5. The maximum Gasteiger partial charge on any atom is 0.220 e. The number of ether oxygens (including phenoxy) is 4. The van der Waals surface area contributed by atoms with Gasteiger partial charge in [0.25, 0.3) is 0 Å². The fourth-order valence-electron chi connectivity index (χ4n) is 5.86. The molecule has 2 unspecified atom stereocenters. The van der Waals surface area contributed by atoms with Crippen molar-refractivity contribution in [2.24, 2.45) is 17.3 Å². The van der Waals surface area contributed by atoms with Gasteiger partial charge >= 0.3 is 0 Å². The van der Waals surface area contributed by atoms with Crippen molar-refractivity contribution < 1.29 is 48.0 Å². The van der Waals surface area contributed by atoms with Gasteiger partial charge < -0.3 is 29.4 Å². The SMILES string of the molecule is CC.CC(=O)CCOCC(COCCC(C)=O)(COCCC(=O)C(C)C)NC(=O)CCC(C)OCCC(C)(C)N(C)C(C)(O)CC(C)(C)C(=O)C(C)C. The van der Waals surface area contributed by atoms with Gasteiger partial charge in [0.05, 0.1) is 45.7 Å². The van der Waals surface area contributed by atoms with E-state index in [9.17, 15) is 29.1 Å². The van der Waals surface area contributed by atoms with Crippen LogP contribution in [0.25, 0.3) is 0 Å². The summed E-state index contributed by atoms with van der Waals surface area (Å²) in [6.07, 6.45) is 1.88. The Hall–Kier alpha value is -2.09. The molecule has 0 rings (SSSR count). The first-order chi connectivity index (χ1) is 24.4. The van der Waals surface area contributed by atoms with Gasteiger partial charge in [0.15, 0.2) is 0 Å². The smallest absolute Gasteiger partial charge is 0.220 e. The Labute approximate surface area is 322 Å². The highest BCUT2D eigenvalue weighted by Gasteiger charge is 2.43. The topological polar surface area (TPSA) is 158 Å². The van der Waals surface area contributed by atoms with E-state index in [1.54, 1.807) is 6.92 Å². The van der Waals surface area contributed by atoms with E-state index in [2.05, 4.69) is 5.32 Å². The van der Waals surface area contributed by atoms with Crippen molar-refractivity contribution in [3.63, 3.8) is 0 Å². The summed E-state index contributed by atoms with van der Waals surface area (Å²) >= 11 is 0. The number of carbonyl (C=O) groups excluding carboxylic acids is 5. The van der Waals surface area contributed by atoms with Crippen molar-refractivity contribution in [3.05, 3.63) is 0 Å². The van der Waals surface area contributed by atoms with Crippen LogP contribution < -0.4 is 5.32 Å². The number of nitrogens with zero attached hydrogens (tertiary/aromatic N) is 1. The summed E-state index contributed by atoms with van der Waals surface area (Å²) in [5.74, 6) is -0.389. The molecule has 0 fully saturated rings. The van der Waals surface area contributed by atoms with Crippen LogP contribution in [0.4, 0.5) is 0 Å². The highest BCUT2D eigenvalue weighted by molar-refractivity contribution is 5.85. The summed E-state index contributed by atoms with van der Waals surface area (Å²) in [6, 6.07) is 0. The molecule has 1 amide bonds. The molecule has 0 saturated heterocycles. The number of ketones is 4. The van der Waals surface area contributed by atoms with E-state index in [1.165, 1.54) is 13.8 Å². The fraction of sp³-hybridized carbons (Fsp3) is 0.878. The first kappa shape index (κ1) is 53.0. The minimum atomic E-state index is -1.23. The molecule has 12 nitrogen and oxygen atoms in total. The number of carbonyl (C=O) groups is 5. The molecular formula is C41H78N2O10. The molecule has 312 valence electrons. The standard InChI is InChI=1S/C39H72N2O10.C2H6/c1-28(2)33(44)18-22-50-27-39(25-48-20-16-30(5)42,26-49-21-17-31(6)43)40-34(45)15-14-32(7)51-23-19-37(10,11)41(13)38(12,47)24-36(8,9)35(46)29(3)4;1-2/h28-29,32,47H,14-27H2,1-13H3,(H,40,45);1-2H3. The molecule has 0 aliphatic carbocycles. The lowest BCUT2D eigenvalue weighted by Crippen LogP contribution is -2.58. The zero-order valence-electron chi connectivity index (χ0n) is 36.2. The van der Waals surface area contributed by atoms with Crippen LogP contribution >= 0.6 is 0 Å². The van der Waals surface area contributed by atoms with Gasteiger partial charge in [-0.1, -0.05) is 55.4 Å². The number of rotatable bonds is 30. The second kappa shape index (κ2) is 25.9. The van der Waals surface area contributed by atoms with Crippen LogP contribution in [-0.2, 0) is 42.9 Å². The zero-order chi connectivity index (χ0) is 41.6. The van der Waals surface area contributed by atoms with E-state index in [0.29, 0.717) is 19.4 Å². The van der Waals surface area contributed by atoms with Crippen molar-refractivity contribution in [1.82, 2.24) is 10.2 Å². The van der Waals surface area contributed by atoms with Gasteiger partial charge in [0, 0.05) is 61.5 Å². The van der Waals surface area contributed by atoms with E-state index in [-0.39, 0.29) is 119 Å². The van der Waals surface area contributed by atoms with Gasteiger partial charge in [-0.3, -0.25) is 28.9 Å². The Morgan fingerprint density at radius 1 is 0.698 bits per heavy atom. The van der Waals surface area contributed by atoms with Crippen LogP contribution in [0.15, 0.2) is 0 Å². The van der Waals surface area contributed by atoms with E-state index in [0.717, 1.165) is 0 Å². The molecule has 53 heavy (non-hydrogen) atoms. The van der Waals surface area contributed by atoms with Crippen molar-refractivity contribution in [1.29, 1.82) is 0 Å². The number of hydrogen-bond acceptors (Lipinski definition) is 11. The maximum absolute atomic E-state index is 13.4. The normalized spacial score (nSPS) is 14.1. The summed E-state index contributed by atoms with van der Waals surface area (Å²) in [6.45, 7) is 26.7. The van der Waals surface area contributed by atoms with Crippen molar-refractivity contribution >= 4 is 29.0 Å². The predicted molar refractivity (Wildman–Crippen MR) is 210 cm³/mol. The molecule has 0 aliphatic heterocycles. The highest BCUT2D eigenvalue weighted by Crippen LogP contribution is 2.36. The monoisotopic (exact) mass is 759 g/mol. The molecule has 2 N–H and O–H groups in total. The van der Waals surface area contributed by atoms with Crippen LogP contribution in [0, 0.1) is 17.3 Å². The summed E-state index contributed by atoms with van der Waals surface area (Å²) in [4.78, 5) is 63.2. The van der Waals surface area contributed by atoms with Crippen LogP contribution in [0.3, 0.4) is 0 Å². The van der Waals surface area contributed by atoms with Crippen LogP contribution in [0.1, 0.15) is 142 Å². The first-order valence-electron chi connectivity index (χ1n) is 19.6. The van der Waals surface area contributed by atoms with E-state index < -0.39 is 22.2 Å². The maximum atomic E-state index is 13.4. The van der Waals surface area contributed by atoms with Crippen molar-refractivity contribution in [2.75, 3.05) is 53.3 Å². The Morgan fingerprint density at radius 3 is 1.57 bits per heavy atom. The van der Waals surface area contributed by atoms with Crippen molar-refractivity contribution in [2.45, 2.75) is 165 Å². The lowest BCUT2D eigenvalue weighted by atomic mass is 9.76. The number of amides is 1. The lowest BCUT2D eigenvalue weighted by Gasteiger charge is -2.47. The lowest BCUT2D eigenvalue weighted by molar-refractivity contribution is -0.160. The Morgan fingerprint density at radius 2 is 1.15 bits per heavy atom. The molecule has 0 radical (unpaired) electrons. The van der Waals surface area contributed by atoms with Crippen LogP contribution in [0.2, 0.25) is 0 Å². The van der Waals surface area contributed by atoms with Crippen LogP contribution in [0.5, 0.6) is 0 Å². The van der Waals surface area contributed by atoms with Gasteiger partial charge in [-0.15, -0.1) is 0 Å². The molecule has 0 aliphatic rings. The average molecular weight is 759 g/mol. The third-order valence-corrected chi connectivity index (χ3v) is 9.37. The molecule has 2 atom stereocenters. The first-order valence-corrected chi connectivity index (χ1v) is 19.6. The predicted octanol–water partition coefficient (Wildman–Crippen LogP) is 6.13. The third kappa shape index (κ3) is 22.8. The number of hydrogen-bond donors (Lipinski definition) is 2. The summed E-state index contributed by atoms with van der Waals surface area (Å²) < 4.78 is 23.6. The molecule has 12 heteroatoms. The molecule has 0 bridgehead atoms. The number of Topliss-reactive ketones (excluding diaryl/α,β-unsaturated/α-hetero) is 4. The zero-order valence-corrected chi connectivity index (χ0v) is 36.2. The molecule has 0 heterocycles. The fourth-order valence-corrected chi connectivity index (χ4v) is 5.86. The molecule has 0 aromatic carbocycles. The average Bonchev–Trinajstić information content (AvgIpc) is 3.05. The second-order valence-electron chi connectivity index (χ2n) is 16.4. The van der Waals surface area contributed by atoms with E-state index in [4.69, 9.17) is 18.9 Å². The quantitative estimate of drug-likeness (QED) is 0.0642. The minimum absolute atomic E-state index is 0.00542. The molecule has 0 saturated carbocycles. The Balaban J connectivity index is 0. The number of nitrogens with one attached hydrogen (secondary N) is 1.